The molecular weight excluding hydrogens is 182 g/mol. The molecule has 0 unspecified atom stereocenters. The van der Waals surface area contributed by atoms with E-state index in [4.69, 9.17) is 29.7 Å². The molecule has 0 atom stereocenters. The van der Waals surface area contributed by atoms with Crippen LogP contribution in [0, 0.1) is 0 Å². The maximum atomic E-state index is 9.10. The average Bonchev–Trinajstić information content (AvgIpc) is 2.06. The molecule has 0 aromatic carbocycles. The van der Waals surface area contributed by atoms with Gasteiger partial charge >= 0.3 is 11.9 Å². The molecule has 0 amide bonds. The number of carboxylic acids is 2. The summed E-state index contributed by atoms with van der Waals surface area (Å²) in [5.74, 6) is -3.65. The number of hydrogen-bond donors (Lipinski definition) is 3. The Morgan fingerprint density at radius 3 is 1.62 bits per heavy atom. The molecule has 0 aromatic heterocycles. The first-order valence-corrected chi connectivity index (χ1v) is 3.52. The Bertz CT molecular complexity index is 164. The first-order valence-electron chi connectivity index (χ1n) is 3.52. The van der Waals surface area contributed by atoms with Gasteiger partial charge in [-0.25, -0.2) is 9.59 Å². The second-order valence-corrected chi connectivity index (χ2v) is 2.18. The summed E-state index contributed by atoms with van der Waals surface area (Å²) in [6.45, 7) is 2.63. The summed E-state index contributed by atoms with van der Waals surface area (Å²) in [6.07, 6.45) is 0. The zero-order valence-electron chi connectivity index (χ0n) is 6.84. The second-order valence-electron chi connectivity index (χ2n) is 2.18. The summed E-state index contributed by atoms with van der Waals surface area (Å²) in [6, 6.07) is 0. The number of hydrogen-bond acceptors (Lipinski definition) is 5. The fourth-order valence-electron chi connectivity index (χ4n) is 0.554. The van der Waals surface area contributed by atoms with Crippen LogP contribution in [0.25, 0.3) is 0 Å². The van der Waals surface area contributed by atoms with Gasteiger partial charge in [-0.3, -0.25) is 0 Å². The molecule has 1 saturated heterocycles. The van der Waals surface area contributed by atoms with Gasteiger partial charge in [0.1, 0.15) is 0 Å². The van der Waals surface area contributed by atoms with Gasteiger partial charge in [0.05, 0.1) is 13.2 Å². The van der Waals surface area contributed by atoms with Gasteiger partial charge in [0, 0.05) is 13.1 Å². The van der Waals surface area contributed by atoms with Gasteiger partial charge in [0.25, 0.3) is 0 Å². The molecule has 0 aliphatic carbocycles. The van der Waals surface area contributed by atoms with Gasteiger partial charge in [0.15, 0.2) is 0 Å². The van der Waals surface area contributed by atoms with Gasteiger partial charge in [-0.2, -0.15) is 5.06 Å². The second kappa shape index (κ2) is 6.35. The third-order valence-electron chi connectivity index (χ3n) is 1.17. The van der Waals surface area contributed by atoms with E-state index >= 15 is 0 Å². The van der Waals surface area contributed by atoms with Crippen molar-refractivity contribution < 1.29 is 29.7 Å². The van der Waals surface area contributed by atoms with Crippen LogP contribution in [0.1, 0.15) is 0 Å². The molecule has 13 heavy (non-hydrogen) atoms. The molecule has 1 heterocycles. The van der Waals surface area contributed by atoms with Crippen molar-refractivity contribution in [2.75, 3.05) is 26.3 Å². The number of carboxylic acid groups (broad SMARTS) is 2. The lowest BCUT2D eigenvalue weighted by Crippen LogP contribution is -2.33. The van der Waals surface area contributed by atoms with E-state index in [-0.39, 0.29) is 0 Å². The number of ether oxygens (including phenoxy) is 1. The lowest BCUT2D eigenvalue weighted by atomic mass is 10.5. The zero-order chi connectivity index (χ0) is 10.3. The maximum Gasteiger partial charge on any atom is 0.414 e. The minimum atomic E-state index is -1.82. The van der Waals surface area contributed by atoms with Crippen molar-refractivity contribution in [2.45, 2.75) is 0 Å². The van der Waals surface area contributed by atoms with E-state index in [2.05, 4.69) is 0 Å². The van der Waals surface area contributed by atoms with Gasteiger partial charge in [-0.05, 0) is 0 Å². The van der Waals surface area contributed by atoms with E-state index in [0.29, 0.717) is 26.3 Å². The number of aliphatic carboxylic acids is 2. The Hall–Kier alpha value is -1.18. The first kappa shape index (κ1) is 11.8. The quantitative estimate of drug-likeness (QED) is 0.417. The molecule has 0 saturated carbocycles. The van der Waals surface area contributed by atoms with Crippen molar-refractivity contribution in [3.63, 3.8) is 0 Å². The van der Waals surface area contributed by atoms with Crippen molar-refractivity contribution in [1.29, 1.82) is 0 Å². The van der Waals surface area contributed by atoms with Crippen LogP contribution >= 0.6 is 0 Å². The highest BCUT2D eigenvalue weighted by Gasteiger charge is 2.04. The molecule has 1 aliphatic rings. The van der Waals surface area contributed by atoms with Crippen LogP contribution in [-0.4, -0.2) is 58.7 Å². The molecule has 7 heteroatoms. The van der Waals surface area contributed by atoms with E-state index in [1.54, 1.807) is 0 Å². The molecule has 1 aliphatic heterocycles. The van der Waals surface area contributed by atoms with Crippen LogP contribution in [0.3, 0.4) is 0 Å². The summed E-state index contributed by atoms with van der Waals surface area (Å²) in [4.78, 5) is 18.2. The molecule has 3 N–H and O–H groups in total. The molecule has 76 valence electrons. The van der Waals surface area contributed by atoms with E-state index in [0.717, 1.165) is 0 Å². The Morgan fingerprint density at radius 1 is 1.08 bits per heavy atom. The highest BCUT2D eigenvalue weighted by molar-refractivity contribution is 6.27. The SMILES string of the molecule is O=C(O)C(=O)O.ON1CCOCC1. The lowest BCUT2D eigenvalue weighted by molar-refractivity contribution is -0.159. The predicted molar refractivity (Wildman–Crippen MR) is 39.5 cm³/mol. The fourth-order valence-corrected chi connectivity index (χ4v) is 0.554. The highest BCUT2D eigenvalue weighted by atomic mass is 16.5. The largest absolute Gasteiger partial charge is 0.473 e. The number of morpholine rings is 1. The number of carbonyl (C=O) groups is 2. The van der Waals surface area contributed by atoms with Crippen LogP contribution in [0.15, 0.2) is 0 Å². The van der Waals surface area contributed by atoms with Crippen molar-refractivity contribution in [3.05, 3.63) is 0 Å². The highest BCUT2D eigenvalue weighted by Crippen LogP contribution is 1.89. The average molecular weight is 193 g/mol. The zero-order valence-corrected chi connectivity index (χ0v) is 6.84. The van der Waals surface area contributed by atoms with Gasteiger partial charge < -0.3 is 20.2 Å². The summed E-state index contributed by atoms with van der Waals surface area (Å²) < 4.78 is 4.94. The van der Waals surface area contributed by atoms with Gasteiger partial charge in [-0.1, -0.05) is 0 Å². The van der Waals surface area contributed by atoms with Crippen LogP contribution in [0.5, 0.6) is 0 Å². The molecule has 0 bridgehead atoms. The van der Waals surface area contributed by atoms with Crippen LogP contribution in [0.4, 0.5) is 0 Å². The molecule has 0 spiro atoms. The first-order chi connectivity index (χ1) is 6.04. The normalized spacial score (nSPS) is 17.0. The molecular formula is C6H11NO6. The van der Waals surface area contributed by atoms with Gasteiger partial charge in [-0.15, -0.1) is 0 Å². The Kier molecular flexibility index (Phi) is 5.77. The van der Waals surface area contributed by atoms with E-state index in [9.17, 15) is 0 Å². The Labute approximate surface area is 74.1 Å². The number of hydroxylamine groups is 2. The van der Waals surface area contributed by atoms with E-state index in [1.807, 2.05) is 0 Å². The lowest BCUT2D eigenvalue weighted by Gasteiger charge is -2.19. The predicted octanol–water partition coefficient (Wildman–Crippen LogP) is -1.14. The molecule has 1 fully saturated rings. The Balaban J connectivity index is 0.000000226. The van der Waals surface area contributed by atoms with Crippen molar-refractivity contribution >= 4 is 11.9 Å². The summed E-state index contributed by atoms with van der Waals surface area (Å²) in [5, 5.41) is 24.7. The summed E-state index contributed by atoms with van der Waals surface area (Å²) in [7, 11) is 0. The minimum absolute atomic E-state index is 0.653. The molecule has 7 nitrogen and oxygen atoms in total. The topological polar surface area (TPSA) is 107 Å². The monoisotopic (exact) mass is 193 g/mol. The van der Waals surface area contributed by atoms with Crippen LogP contribution < -0.4 is 0 Å². The summed E-state index contributed by atoms with van der Waals surface area (Å²) >= 11 is 0. The smallest absolute Gasteiger partial charge is 0.414 e. The standard InChI is InChI=1S/C4H9NO2.C2H2O4/c6-5-1-3-7-4-2-5;3-1(4)2(5)6/h6H,1-4H2;(H,3,4)(H,5,6). The minimum Gasteiger partial charge on any atom is -0.473 e. The molecule has 1 rings (SSSR count). The van der Waals surface area contributed by atoms with E-state index in [1.165, 1.54) is 5.06 Å². The van der Waals surface area contributed by atoms with Gasteiger partial charge in [0.2, 0.25) is 0 Å². The maximum absolute atomic E-state index is 9.10. The third-order valence-corrected chi connectivity index (χ3v) is 1.17. The number of rotatable bonds is 0. The van der Waals surface area contributed by atoms with E-state index < -0.39 is 11.9 Å². The number of nitrogens with zero attached hydrogens (tertiary/aromatic N) is 1. The Morgan fingerprint density at radius 2 is 1.46 bits per heavy atom. The third kappa shape index (κ3) is 7.19. The van der Waals surface area contributed by atoms with Crippen molar-refractivity contribution in [2.24, 2.45) is 0 Å². The van der Waals surface area contributed by atoms with Crippen molar-refractivity contribution in [1.82, 2.24) is 5.06 Å². The fraction of sp³-hybridized carbons (Fsp3) is 0.667. The summed E-state index contributed by atoms with van der Waals surface area (Å²) in [5.41, 5.74) is 0. The molecule has 0 aromatic rings. The van der Waals surface area contributed by atoms with Crippen LogP contribution in [-0.2, 0) is 14.3 Å². The molecule has 0 radical (unpaired) electrons. The van der Waals surface area contributed by atoms with Crippen molar-refractivity contribution in [3.8, 4) is 0 Å². The van der Waals surface area contributed by atoms with Crippen LogP contribution in [0.2, 0.25) is 0 Å².